The minimum atomic E-state index is -9.83. The predicted octanol–water partition coefficient (Wildman–Crippen LogP) is 7.59. The van der Waals surface area contributed by atoms with Gasteiger partial charge >= 0.3 is 16.2 Å². The fourth-order valence-corrected chi connectivity index (χ4v) is 5.15. The molecule has 1 aliphatic rings. The van der Waals surface area contributed by atoms with Crippen molar-refractivity contribution < 1.29 is 43.3 Å². The molecule has 3 aromatic carbocycles. The van der Waals surface area contributed by atoms with Gasteiger partial charge in [-0.25, -0.2) is 9.18 Å². The molecule has 0 radical (unpaired) electrons. The average Bonchev–Trinajstić information content (AvgIpc) is 3.33. The molecule has 4 rings (SSSR count). The molecular formula is C25H23F6NO4S. The molecule has 0 unspecified atom stereocenters. The zero-order chi connectivity index (χ0) is 27.1. The fraction of sp³-hybridized carbons (Fsp3) is 0.280. The third-order valence-corrected chi connectivity index (χ3v) is 7.52. The highest BCUT2D eigenvalue weighted by Gasteiger charge is 2.65. The van der Waals surface area contributed by atoms with Crippen molar-refractivity contribution in [2.24, 2.45) is 5.92 Å². The molecule has 1 amide bonds. The van der Waals surface area contributed by atoms with Gasteiger partial charge in [-0.2, -0.15) is 0 Å². The van der Waals surface area contributed by atoms with Gasteiger partial charge in [-0.05, 0) is 66.1 Å². The van der Waals surface area contributed by atoms with E-state index in [1.807, 2.05) is 0 Å². The van der Waals surface area contributed by atoms with Crippen molar-refractivity contribution in [2.45, 2.75) is 43.2 Å². The molecule has 5 nitrogen and oxygen atoms in total. The summed E-state index contributed by atoms with van der Waals surface area (Å²) in [6, 6.07) is 7.48. The molecule has 1 fully saturated rings. The van der Waals surface area contributed by atoms with E-state index in [1.54, 1.807) is 0 Å². The van der Waals surface area contributed by atoms with E-state index in [2.05, 4.69) is 5.32 Å². The van der Waals surface area contributed by atoms with Crippen molar-refractivity contribution in [3.05, 3.63) is 71.5 Å². The van der Waals surface area contributed by atoms with Crippen LogP contribution in [0.25, 0.3) is 10.8 Å². The van der Waals surface area contributed by atoms with Crippen LogP contribution in [0.15, 0.2) is 59.5 Å². The predicted molar refractivity (Wildman–Crippen MR) is 127 cm³/mol. The zero-order valence-corrected chi connectivity index (χ0v) is 20.1. The topological polar surface area (TPSA) is 75.6 Å². The second kappa shape index (κ2) is 8.86. The van der Waals surface area contributed by atoms with Crippen molar-refractivity contribution in [3.63, 3.8) is 0 Å². The van der Waals surface area contributed by atoms with Gasteiger partial charge < -0.3 is 15.2 Å². The number of halogens is 6. The molecule has 0 bridgehead atoms. The summed E-state index contributed by atoms with van der Waals surface area (Å²) in [6.45, 7) is -0.400. The minimum absolute atomic E-state index is 0.0534. The maximum absolute atomic E-state index is 13.8. The number of carboxylic acid groups (broad SMARTS) is 1. The standard InChI is InChI=1S/C25H23F6NO4S/c26-18-8-12-20-17(13-18)7-11-21(24(33)32-22(25(34)35)16-3-1-2-4-16)23(20)36-14-15-5-9-19(10-6-15)37(27,28,29,30)31/h5-13,16,22H,1-4,14H2,(H,32,33)(H,34,35)/t22-/m0/s1. The molecule has 1 aliphatic carbocycles. The first-order valence-electron chi connectivity index (χ1n) is 11.3. The van der Waals surface area contributed by atoms with Crippen LogP contribution in [0.3, 0.4) is 0 Å². The molecule has 12 heteroatoms. The first kappa shape index (κ1) is 26.6. The Hall–Kier alpha value is -3.41. The largest absolute Gasteiger partial charge is 0.487 e. The SMILES string of the molecule is O=C(N[C@H](C(=O)O)C1CCCC1)c1ccc2cc(F)ccc2c1OCc1ccc(S(F)(F)(F)(F)F)cc1. The number of aliphatic carboxylic acids is 1. The van der Waals surface area contributed by atoms with Gasteiger partial charge in [0.25, 0.3) is 5.91 Å². The summed E-state index contributed by atoms with van der Waals surface area (Å²) in [7, 11) is -9.83. The summed E-state index contributed by atoms with van der Waals surface area (Å²) in [5, 5.41) is 12.8. The van der Waals surface area contributed by atoms with E-state index >= 15 is 0 Å². The molecule has 1 saturated carbocycles. The molecule has 1 atom stereocenters. The fourth-order valence-electron chi connectivity index (χ4n) is 4.50. The van der Waals surface area contributed by atoms with Crippen LogP contribution in [0, 0.1) is 11.7 Å². The monoisotopic (exact) mass is 547 g/mol. The number of carboxylic acids is 1. The van der Waals surface area contributed by atoms with E-state index in [4.69, 9.17) is 4.74 Å². The van der Waals surface area contributed by atoms with E-state index in [0.717, 1.165) is 31.0 Å². The lowest BCUT2D eigenvalue weighted by Gasteiger charge is -2.40. The molecule has 0 spiro atoms. The lowest BCUT2D eigenvalue weighted by atomic mass is 9.97. The number of carbonyl (C=O) groups excluding carboxylic acids is 1. The molecule has 0 aromatic heterocycles. The van der Waals surface area contributed by atoms with Crippen molar-refractivity contribution >= 4 is 32.9 Å². The van der Waals surface area contributed by atoms with Crippen LogP contribution < -0.4 is 10.1 Å². The van der Waals surface area contributed by atoms with Gasteiger partial charge in [0.05, 0.1) is 5.56 Å². The van der Waals surface area contributed by atoms with Gasteiger partial charge in [0.15, 0.2) is 0 Å². The van der Waals surface area contributed by atoms with Crippen LogP contribution in [-0.2, 0) is 11.4 Å². The van der Waals surface area contributed by atoms with E-state index in [0.29, 0.717) is 23.6 Å². The Kier molecular flexibility index (Phi) is 6.38. The van der Waals surface area contributed by atoms with Crippen molar-refractivity contribution in [3.8, 4) is 5.75 Å². The average molecular weight is 548 g/mol. The smallest absolute Gasteiger partial charge is 0.326 e. The summed E-state index contributed by atoms with van der Waals surface area (Å²) in [5.74, 6) is -2.80. The van der Waals surface area contributed by atoms with Crippen molar-refractivity contribution in [1.82, 2.24) is 5.32 Å². The molecular weight excluding hydrogens is 524 g/mol. The molecule has 37 heavy (non-hydrogen) atoms. The summed E-state index contributed by atoms with van der Waals surface area (Å²) in [4.78, 5) is 22.9. The maximum Gasteiger partial charge on any atom is 0.326 e. The van der Waals surface area contributed by atoms with Crippen molar-refractivity contribution in [2.75, 3.05) is 0 Å². The van der Waals surface area contributed by atoms with Gasteiger partial charge in [0.2, 0.25) is 0 Å². The molecule has 0 heterocycles. The molecule has 3 aromatic rings. The van der Waals surface area contributed by atoms with Crippen LogP contribution in [0.1, 0.15) is 41.6 Å². The van der Waals surface area contributed by atoms with Crippen LogP contribution in [0.5, 0.6) is 5.75 Å². The van der Waals surface area contributed by atoms with Gasteiger partial charge in [-0.1, -0.05) is 50.5 Å². The molecule has 0 saturated heterocycles. The normalized spacial score (nSPS) is 17.1. The van der Waals surface area contributed by atoms with Crippen LogP contribution >= 0.6 is 10.2 Å². The first-order chi connectivity index (χ1) is 17.1. The Bertz CT molecular complexity index is 1360. The first-order valence-corrected chi connectivity index (χ1v) is 13.3. The summed E-state index contributed by atoms with van der Waals surface area (Å²) in [6.07, 6.45) is 2.99. The van der Waals surface area contributed by atoms with Crippen LogP contribution in [-0.4, -0.2) is 23.0 Å². The second-order valence-electron chi connectivity index (χ2n) is 9.04. The third kappa shape index (κ3) is 6.12. The highest BCUT2D eigenvalue weighted by molar-refractivity contribution is 8.45. The molecule has 2 N–H and O–H groups in total. The summed E-state index contributed by atoms with van der Waals surface area (Å²) in [5.41, 5.74) is 0.0393. The Balaban J connectivity index is 1.65. The molecule has 0 aliphatic heterocycles. The quantitative estimate of drug-likeness (QED) is 0.285. The number of benzene rings is 3. The number of hydrogen-bond acceptors (Lipinski definition) is 3. The number of ether oxygens (including phenoxy) is 1. The number of nitrogens with one attached hydrogen (secondary N) is 1. The number of fused-ring (bicyclic) bond motifs is 1. The van der Waals surface area contributed by atoms with Crippen LogP contribution in [0.4, 0.5) is 23.8 Å². The number of rotatable bonds is 8. The van der Waals surface area contributed by atoms with Gasteiger partial charge in [-0.3, -0.25) is 4.79 Å². The second-order valence-corrected chi connectivity index (χ2v) is 11.5. The van der Waals surface area contributed by atoms with E-state index in [1.165, 1.54) is 24.3 Å². The Morgan fingerprint density at radius 2 is 1.62 bits per heavy atom. The maximum atomic E-state index is 13.8. The Morgan fingerprint density at radius 3 is 2.22 bits per heavy atom. The summed E-state index contributed by atoms with van der Waals surface area (Å²) < 4.78 is 84.5. The highest BCUT2D eigenvalue weighted by atomic mass is 32.5. The van der Waals surface area contributed by atoms with E-state index in [-0.39, 0.29) is 34.9 Å². The minimum Gasteiger partial charge on any atom is -0.487 e. The third-order valence-electron chi connectivity index (χ3n) is 6.35. The van der Waals surface area contributed by atoms with Gasteiger partial charge in [0.1, 0.15) is 29.1 Å². The van der Waals surface area contributed by atoms with E-state index < -0.39 is 45.5 Å². The highest BCUT2D eigenvalue weighted by Crippen LogP contribution is 3.02. The van der Waals surface area contributed by atoms with E-state index in [9.17, 15) is 38.5 Å². The number of carbonyl (C=O) groups is 2. The molecule has 200 valence electrons. The number of amides is 1. The zero-order valence-electron chi connectivity index (χ0n) is 19.2. The van der Waals surface area contributed by atoms with Gasteiger partial charge in [0, 0.05) is 5.39 Å². The van der Waals surface area contributed by atoms with Crippen molar-refractivity contribution in [1.29, 1.82) is 0 Å². The van der Waals surface area contributed by atoms with Gasteiger partial charge in [-0.15, -0.1) is 0 Å². The lowest BCUT2D eigenvalue weighted by Crippen LogP contribution is -2.45. The number of hydrogen-bond donors (Lipinski definition) is 2. The van der Waals surface area contributed by atoms with Crippen LogP contribution in [0.2, 0.25) is 0 Å². The summed E-state index contributed by atoms with van der Waals surface area (Å²) >= 11 is 0. The Morgan fingerprint density at radius 1 is 0.973 bits per heavy atom. The lowest BCUT2D eigenvalue weighted by molar-refractivity contribution is -0.140. The Labute approximate surface area is 208 Å².